The molecule has 0 saturated heterocycles. The molecule has 1 aliphatic rings. The second-order valence-corrected chi connectivity index (χ2v) is 5.79. The first kappa shape index (κ1) is 16.6. The van der Waals surface area contributed by atoms with E-state index in [-0.39, 0.29) is 17.5 Å². The van der Waals surface area contributed by atoms with Crippen LogP contribution in [0.4, 0.5) is 5.69 Å². The summed E-state index contributed by atoms with van der Waals surface area (Å²) in [6, 6.07) is 9.93. The number of nitrogens with zero attached hydrogens (tertiary/aromatic N) is 1. The molecule has 0 atom stereocenters. The van der Waals surface area contributed by atoms with Crippen molar-refractivity contribution < 1.29 is 14.3 Å². The van der Waals surface area contributed by atoms with E-state index in [1.54, 1.807) is 36.4 Å². The molecule has 1 aliphatic heterocycles. The quantitative estimate of drug-likeness (QED) is 0.389. The van der Waals surface area contributed by atoms with Gasteiger partial charge in [0.05, 0.1) is 17.1 Å². The Hall–Kier alpha value is -2.24. The van der Waals surface area contributed by atoms with Crippen LogP contribution in [0.25, 0.3) is 0 Å². The maximum absolute atomic E-state index is 12.9. The molecule has 3 rings (SSSR count). The fraction of sp³-hybridized carbons (Fsp3) is 0.176. The van der Waals surface area contributed by atoms with Crippen LogP contribution < -0.4 is 15.2 Å². The Bertz CT molecular complexity index is 821. The Morgan fingerprint density at radius 2 is 1.88 bits per heavy atom. The molecule has 2 aromatic rings. The smallest absolute Gasteiger partial charge is 0.195 e. The zero-order valence-corrected chi connectivity index (χ0v) is 14.1. The predicted octanol–water partition coefficient (Wildman–Crippen LogP) is 3.57. The first-order chi connectivity index (χ1) is 11.6. The van der Waals surface area contributed by atoms with Crippen LogP contribution in [0, 0.1) is 0 Å². The normalized spacial score (nSPS) is 13.7. The minimum absolute atomic E-state index is 0.0548. The molecule has 7 heteroatoms. The lowest BCUT2D eigenvalue weighted by Gasteiger charge is -2.20. The average molecular weight is 365 g/mol. The van der Waals surface area contributed by atoms with Gasteiger partial charge in [0.15, 0.2) is 17.3 Å². The van der Waals surface area contributed by atoms with Crippen molar-refractivity contribution >= 4 is 40.5 Å². The van der Waals surface area contributed by atoms with Crippen molar-refractivity contribution in [3.63, 3.8) is 0 Å². The first-order valence-electron chi connectivity index (χ1n) is 7.21. The molecule has 1 heterocycles. The SMILES string of the molecule is NC(CCl)=Nc1cc2c(cc1C(=O)c1cccc(Cl)c1)OCCO2. The Morgan fingerprint density at radius 3 is 2.54 bits per heavy atom. The lowest BCUT2D eigenvalue weighted by molar-refractivity contribution is 0.103. The second-order valence-electron chi connectivity index (χ2n) is 5.09. The van der Waals surface area contributed by atoms with Gasteiger partial charge in [-0.15, -0.1) is 11.6 Å². The summed E-state index contributed by atoms with van der Waals surface area (Å²) in [7, 11) is 0. The van der Waals surface area contributed by atoms with E-state index in [4.69, 9.17) is 38.4 Å². The fourth-order valence-electron chi connectivity index (χ4n) is 2.32. The number of halogens is 2. The molecular formula is C17H14Cl2N2O3. The van der Waals surface area contributed by atoms with Gasteiger partial charge in [0.25, 0.3) is 0 Å². The van der Waals surface area contributed by atoms with Crippen LogP contribution in [0.1, 0.15) is 15.9 Å². The number of carbonyl (C=O) groups is 1. The number of carbonyl (C=O) groups excluding carboxylic acids is 1. The van der Waals surface area contributed by atoms with Crippen molar-refractivity contribution in [3.8, 4) is 11.5 Å². The van der Waals surface area contributed by atoms with Crippen LogP contribution in [0.2, 0.25) is 5.02 Å². The zero-order valence-electron chi connectivity index (χ0n) is 12.6. The van der Waals surface area contributed by atoms with Gasteiger partial charge in [-0.05, 0) is 18.2 Å². The van der Waals surface area contributed by atoms with E-state index < -0.39 is 0 Å². The molecule has 124 valence electrons. The number of hydrogen-bond acceptors (Lipinski definition) is 4. The molecule has 0 aliphatic carbocycles. The van der Waals surface area contributed by atoms with Gasteiger partial charge in [0.2, 0.25) is 0 Å². The predicted molar refractivity (Wildman–Crippen MR) is 94.3 cm³/mol. The summed E-state index contributed by atoms with van der Waals surface area (Å²) in [5.74, 6) is 1.03. The highest BCUT2D eigenvalue weighted by Crippen LogP contribution is 2.38. The van der Waals surface area contributed by atoms with Gasteiger partial charge in [-0.3, -0.25) is 4.79 Å². The van der Waals surface area contributed by atoms with Crippen molar-refractivity contribution in [3.05, 3.63) is 52.5 Å². The standard InChI is InChI=1S/C17H14Cl2N2O3/c18-9-16(20)21-13-8-15-14(23-4-5-24-15)7-12(13)17(22)10-2-1-3-11(19)6-10/h1-3,6-8H,4-5,9H2,(H2,20,21). The molecule has 24 heavy (non-hydrogen) atoms. The van der Waals surface area contributed by atoms with Gasteiger partial charge in [0.1, 0.15) is 19.0 Å². The summed E-state index contributed by atoms with van der Waals surface area (Å²) < 4.78 is 11.1. The third-order valence-electron chi connectivity index (χ3n) is 3.39. The molecule has 0 bridgehead atoms. The number of amidine groups is 1. The molecule has 2 N–H and O–H groups in total. The molecular weight excluding hydrogens is 351 g/mol. The van der Waals surface area contributed by atoms with Crippen LogP contribution in [-0.4, -0.2) is 30.7 Å². The molecule has 0 radical (unpaired) electrons. The number of ether oxygens (including phenoxy) is 2. The number of aliphatic imine (C=N–C) groups is 1. The Morgan fingerprint density at radius 1 is 1.17 bits per heavy atom. The monoisotopic (exact) mass is 364 g/mol. The summed E-state index contributed by atoms with van der Waals surface area (Å²) in [6.45, 7) is 0.854. The third-order valence-corrected chi connectivity index (χ3v) is 3.90. The average Bonchev–Trinajstić information content (AvgIpc) is 2.60. The molecule has 0 saturated carbocycles. The lowest BCUT2D eigenvalue weighted by Crippen LogP contribution is -2.17. The summed E-state index contributed by atoms with van der Waals surface area (Å²) >= 11 is 11.7. The van der Waals surface area contributed by atoms with Crippen LogP contribution in [0.5, 0.6) is 11.5 Å². The summed E-state index contributed by atoms with van der Waals surface area (Å²) in [5.41, 5.74) is 6.89. The molecule has 0 unspecified atom stereocenters. The van der Waals surface area contributed by atoms with Crippen molar-refractivity contribution in [2.75, 3.05) is 19.1 Å². The van der Waals surface area contributed by atoms with E-state index in [1.165, 1.54) is 0 Å². The van der Waals surface area contributed by atoms with E-state index in [2.05, 4.69) is 4.99 Å². The van der Waals surface area contributed by atoms with Crippen LogP contribution in [0.3, 0.4) is 0 Å². The van der Waals surface area contributed by atoms with Crippen LogP contribution in [0.15, 0.2) is 41.4 Å². The van der Waals surface area contributed by atoms with Gasteiger partial charge in [-0.2, -0.15) is 0 Å². The van der Waals surface area contributed by atoms with Crippen molar-refractivity contribution in [1.29, 1.82) is 0 Å². The van der Waals surface area contributed by atoms with Crippen LogP contribution >= 0.6 is 23.2 Å². The highest BCUT2D eigenvalue weighted by atomic mass is 35.5. The maximum Gasteiger partial charge on any atom is 0.195 e. The minimum atomic E-state index is -0.240. The molecule has 0 spiro atoms. The number of hydrogen-bond donors (Lipinski definition) is 1. The Labute approximate surface area is 149 Å². The van der Waals surface area contributed by atoms with Crippen molar-refractivity contribution in [1.82, 2.24) is 0 Å². The molecule has 0 aromatic heterocycles. The molecule has 0 fully saturated rings. The van der Waals surface area contributed by atoms with E-state index in [9.17, 15) is 4.79 Å². The Balaban J connectivity index is 2.12. The molecule has 2 aromatic carbocycles. The summed E-state index contributed by atoms with van der Waals surface area (Å²) in [5, 5.41) is 0.476. The fourth-order valence-corrected chi connectivity index (χ4v) is 2.57. The lowest BCUT2D eigenvalue weighted by atomic mass is 10.0. The topological polar surface area (TPSA) is 73.9 Å². The van der Waals surface area contributed by atoms with Crippen molar-refractivity contribution in [2.45, 2.75) is 0 Å². The largest absolute Gasteiger partial charge is 0.486 e. The number of rotatable bonds is 4. The van der Waals surface area contributed by atoms with Gasteiger partial charge < -0.3 is 15.2 Å². The maximum atomic E-state index is 12.9. The summed E-state index contributed by atoms with van der Waals surface area (Å²) in [4.78, 5) is 17.1. The number of fused-ring (bicyclic) bond motifs is 1. The summed E-state index contributed by atoms with van der Waals surface area (Å²) in [6.07, 6.45) is 0. The second kappa shape index (κ2) is 7.11. The number of nitrogens with two attached hydrogens (primary N) is 1. The van der Waals surface area contributed by atoms with Gasteiger partial charge in [-0.1, -0.05) is 23.7 Å². The first-order valence-corrected chi connectivity index (χ1v) is 8.12. The van der Waals surface area contributed by atoms with E-state index >= 15 is 0 Å². The third kappa shape index (κ3) is 3.47. The van der Waals surface area contributed by atoms with Crippen molar-refractivity contribution in [2.24, 2.45) is 10.7 Å². The highest BCUT2D eigenvalue weighted by Gasteiger charge is 2.21. The van der Waals surface area contributed by atoms with E-state index in [0.29, 0.717) is 46.5 Å². The van der Waals surface area contributed by atoms with Gasteiger partial charge in [0, 0.05) is 16.7 Å². The van der Waals surface area contributed by atoms with E-state index in [0.717, 1.165) is 0 Å². The van der Waals surface area contributed by atoms with Gasteiger partial charge >= 0.3 is 0 Å². The van der Waals surface area contributed by atoms with Crippen LogP contribution in [-0.2, 0) is 0 Å². The minimum Gasteiger partial charge on any atom is -0.486 e. The zero-order chi connectivity index (χ0) is 17.1. The number of alkyl halides is 1. The molecule has 5 nitrogen and oxygen atoms in total. The molecule has 0 amide bonds. The number of ketones is 1. The van der Waals surface area contributed by atoms with Gasteiger partial charge in [-0.25, -0.2) is 4.99 Å². The van der Waals surface area contributed by atoms with E-state index in [1.807, 2.05) is 0 Å². The highest BCUT2D eigenvalue weighted by molar-refractivity contribution is 6.31. The number of benzene rings is 2. The Kier molecular flexibility index (Phi) is 4.92.